The zero-order valence-corrected chi connectivity index (χ0v) is 22.9. The van der Waals surface area contributed by atoms with Gasteiger partial charge in [0.15, 0.2) is 4.80 Å². The molecular formula is C27H24ClN3O5S2. The molecule has 0 spiro atoms. The maximum Gasteiger partial charge on any atom is 0.326 e. The molecule has 0 saturated carbocycles. The highest BCUT2D eigenvalue weighted by Crippen LogP contribution is 2.25. The number of carbonyl (C=O) groups excluding carboxylic acids is 2. The molecule has 0 fully saturated rings. The van der Waals surface area contributed by atoms with Gasteiger partial charge in [0.05, 0.1) is 21.7 Å². The van der Waals surface area contributed by atoms with Gasteiger partial charge in [-0.25, -0.2) is 8.42 Å². The Morgan fingerprint density at radius 3 is 2.53 bits per heavy atom. The monoisotopic (exact) mass is 569 g/mol. The van der Waals surface area contributed by atoms with Crippen molar-refractivity contribution in [3.05, 3.63) is 93.2 Å². The normalized spacial score (nSPS) is 14.4. The number of amides is 1. The maximum atomic E-state index is 13.3. The topological polar surface area (TPSA) is 98.0 Å². The van der Waals surface area contributed by atoms with Crippen molar-refractivity contribution < 1.29 is 22.7 Å². The van der Waals surface area contributed by atoms with Gasteiger partial charge in [0.1, 0.15) is 6.54 Å². The Balaban J connectivity index is 1.42. The molecule has 0 radical (unpaired) electrons. The predicted molar refractivity (Wildman–Crippen MR) is 146 cm³/mol. The van der Waals surface area contributed by atoms with Gasteiger partial charge in [-0.15, -0.1) is 0 Å². The van der Waals surface area contributed by atoms with E-state index in [1.54, 1.807) is 29.7 Å². The van der Waals surface area contributed by atoms with Crippen LogP contribution in [0.5, 0.6) is 0 Å². The second-order valence-electron chi connectivity index (χ2n) is 8.69. The van der Waals surface area contributed by atoms with Crippen LogP contribution < -0.4 is 4.80 Å². The van der Waals surface area contributed by atoms with Crippen LogP contribution >= 0.6 is 22.9 Å². The summed E-state index contributed by atoms with van der Waals surface area (Å²) in [4.78, 5) is 29.9. The van der Waals surface area contributed by atoms with Gasteiger partial charge in [0.25, 0.3) is 5.91 Å². The fourth-order valence-corrected chi connectivity index (χ4v) is 7.09. The molecule has 11 heteroatoms. The lowest BCUT2D eigenvalue weighted by Gasteiger charge is -2.28. The highest BCUT2D eigenvalue weighted by Gasteiger charge is 2.28. The van der Waals surface area contributed by atoms with E-state index in [1.807, 2.05) is 24.3 Å². The molecule has 1 aliphatic rings. The third-order valence-corrected chi connectivity index (χ3v) is 9.40. The number of aromatic nitrogens is 1. The van der Waals surface area contributed by atoms with Gasteiger partial charge in [-0.1, -0.05) is 47.2 Å². The molecule has 0 bridgehead atoms. The summed E-state index contributed by atoms with van der Waals surface area (Å²) in [5.74, 6) is -1.01. The number of halogens is 1. The fraction of sp³-hybridized carbons (Fsp3) is 0.222. The van der Waals surface area contributed by atoms with Gasteiger partial charge in [0, 0.05) is 23.7 Å². The molecule has 2 heterocycles. The largest absolute Gasteiger partial charge is 0.465 e. The fourth-order valence-electron chi connectivity index (χ4n) is 4.37. The minimum absolute atomic E-state index is 0.113. The predicted octanol–water partition coefficient (Wildman–Crippen LogP) is 4.41. The van der Waals surface area contributed by atoms with Crippen molar-refractivity contribution in [1.29, 1.82) is 0 Å². The highest BCUT2D eigenvalue weighted by atomic mass is 35.5. The van der Waals surface area contributed by atoms with Gasteiger partial charge >= 0.3 is 5.97 Å². The second-order valence-corrected chi connectivity index (χ2v) is 12.1. The van der Waals surface area contributed by atoms with Crippen LogP contribution in [0.15, 0.2) is 76.6 Å². The average Bonchev–Trinajstić information content (AvgIpc) is 3.23. The van der Waals surface area contributed by atoms with E-state index in [0.29, 0.717) is 34.9 Å². The molecule has 1 aromatic heterocycles. The zero-order chi connectivity index (χ0) is 26.9. The van der Waals surface area contributed by atoms with E-state index in [-0.39, 0.29) is 23.6 Å². The van der Waals surface area contributed by atoms with Crippen LogP contribution in [-0.4, -0.2) is 42.3 Å². The average molecular weight is 570 g/mol. The first kappa shape index (κ1) is 26.3. The SMILES string of the molecule is CCOC(=O)Cn1c(=NC(=O)c2ccc(S(=O)(=O)N3CCc4ccccc4C3)cc2)sc2cc(Cl)ccc21. The summed E-state index contributed by atoms with van der Waals surface area (Å²) < 4.78 is 35.4. The number of esters is 1. The Labute approximate surface area is 228 Å². The van der Waals surface area contributed by atoms with E-state index in [1.165, 1.54) is 39.9 Å². The Kier molecular flexibility index (Phi) is 7.49. The Morgan fingerprint density at radius 2 is 1.79 bits per heavy atom. The lowest BCUT2D eigenvalue weighted by Crippen LogP contribution is -2.35. The number of thiazole rings is 1. The number of hydrogen-bond acceptors (Lipinski definition) is 6. The summed E-state index contributed by atoms with van der Waals surface area (Å²) in [6.07, 6.45) is 0.650. The number of benzene rings is 3. The molecule has 1 aliphatic heterocycles. The number of sulfonamides is 1. The van der Waals surface area contributed by atoms with Gasteiger partial charge < -0.3 is 9.30 Å². The molecule has 0 atom stereocenters. The quantitative estimate of drug-likeness (QED) is 0.320. The number of carbonyl (C=O) groups is 2. The molecule has 0 N–H and O–H groups in total. The number of nitrogens with zero attached hydrogens (tertiary/aromatic N) is 3. The molecule has 0 saturated heterocycles. The number of hydrogen-bond donors (Lipinski definition) is 0. The number of fused-ring (bicyclic) bond motifs is 2. The molecule has 3 aromatic carbocycles. The summed E-state index contributed by atoms with van der Waals surface area (Å²) in [5, 5.41) is 0.522. The summed E-state index contributed by atoms with van der Waals surface area (Å²) in [5.41, 5.74) is 3.08. The van der Waals surface area contributed by atoms with Crippen molar-refractivity contribution in [2.75, 3.05) is 13.2 Å². The second kappa shape index (κ2) is 10.8. The molecule has 0 unspecified atom stereocenters. The van der Waals surface area contributed by atoms with Crippen molar-refractivity contribution in [3.8, 4) is 0 Å². The van der Waals surface area contributed by atoms with Gasteiger partial charge in [-0.3, -0.25) is 9.59 Å². The first-order chi connectivity index (χ1) is 18.3. The van der Waals surface area contributed by atoms with E-state index in [4.69, 9.17) is 16.3 Å². The summed E-state index contributed by atoms with van der Waals surface area (Å²) >= 11 is 7.35. The third kappa shape index (κ3) is 5.30. The number of ether oxygens (including phenoxy) is 1. The molecule has 196 valence electrons. The van der Waals surface area contributed by atoms with Crippen LogP contribution in [0.25, 0.3) is 10.2 Å². The summed E-state index contributed by atoms with van der Waals surface area (Å²) in [7, 11) is -3.73. The summed E-state index contributed by atoms with van der Waals surface area (Å²) in [6.45, 7) is 2.54. The maximum absolute atomic E-state index is 13.3. The van der Waals surface area contributed by atoms with Crippen LogP contribution in [0, 0.1) is 0 Å². The highest BCUT2D eigenvalue weighted by molar-refractivity contribution is 7.89. The van der Waals surface area contributed by atoms with Crippen LogP contribution in [0.2, 0.25) is 5.02 Å². The van der Waals surface area contributed by atoms with E-state index < -0.39 is 21.9 Å². The molecule has 4 aromatic rings. The van der Waals surface area contributed by atoms with E-state index >= 15 is 0 Å². The van der Waals surface area contributed by atoms with Gasteiger partial charge in [-0.05, 0) is 66.9 Å². The Morgan fingerprint density at radius 1 is 1.05 bits per heavy atom. The molecule has 0 aliphatic carbocycles. The first-order valence-corrected chi connectivity index (χ1v) is 14.6. The lowest BCUT2D eigenvalue weighted by atomic mass is 10.0. The third-order valence-electron chi connectivity index (χ3n) is 6.27. The van der Waals surface area contributed by atoms with Gasteiger partial charge in [-0.2, -0.15) is 9.30 Å². The minimum atomic E-state index is -3.73. The molecule has 1 amide bonds. The van der Waals surface area contributed by atoms with Crippen molar-refractivity contribution in [3.63, 3.8) is 0 Å². The molecule has 38 heavy (non-hydrogen) atoms. The first-order valence-electron chi connectivity index (χ1n) is 12.0. The van der Waals surface area contributed by atoms with Crippen LogP contribution in [0.4, 0.5) is 0 Å². The van der Waals surface area contributed by atoms with Crippen molar-refractivity contribution in [1.82, 2.24) is 8.87 Å². The summed E-state index contributed by atoms with van der Waals surface area (Å²) in [6, 6.07) is 18.8. The molecule has 5 rings (SSSR count). The Hall–Kier alpha value is -3.31. The van der Waals surface area contributed by atoms with E-state index in [0.717, 1.165) is 15.8 Å². The minimum Gasteiger partial charge on any atom is -0.465 e. The Bertz CT molecular complexity index is 1710. The van der Waals surface area contributed by atoms with Crippen molar-refractivity contribution >= 4 is 55.1 Å². The van der Waals surface area contributed by atoms with Crippen LogP contribution in [0.1, 0.15) is 28.4 Å². The lowest BCUT2D eigenvalue weighted by molar-refractivity contribution is -0.143. The smallest absolute Gasteiger partial charge is 0.326 e. The zero-order valence-electron chi connectivity index (χ0n) is 20.5. The van der Waals surface area contributed by atoms with E-state index in [9.17, 15) is 18.0 Å². The van der Waals surface area contributed by atoms with Crippen LogP contribution in [0.3, 0.4) is 0 Å². The van der Waals surface area contributed by atoms with Gasteiger partial charge in [0.2, 0.25) is 10.0 Å². The number of rotatable bonds is 6. The van der Waals surface area contributed by atoms with Crippen molar-refractivity contribution in [2.45, 2.75) is 31.3 Å². The molecular weight excluding hydrogens is 546 g/mol. The van der Waals surface area contributed by atoms with Crippen LogP contribution in [-0.2, 0) is 39.1 Å². The standard InChI is InChI=1S/C27H24ClN3O5S2/c1-2-36-25(32)17-31-23-12-9-21(28)15-24(23)37-27(31)29-26(33)19-7-10-22(11-8-19)38(34,35)30-14-13-18-5-3-4-6-20(18)16-30/h3-12,15H,2,13-14,16-17H2,1H3. The van der Waals surface area contributed by atoms with Crippen molar-refractivity contribution in [2.24, 2.45) is 4.99 Å². The molecule has 8 nitrogen and oxygen atoms in total. The van der Waals surface area contributed by atoms with E-state index in [2.05, 4.69) is 4.99 Å².